The Hall–Kier alpha value is -1.93. The van der Waals surface area contributed by atoms with Crippen molar-refractivity contribution in [1.29, 1.82) is 0 Å². The van der Waals surface area contributed by atoms with Crippen molar-refractivity contribution >= 4 is 17.8 Å². The summed E-state index contributed by atoms with van der Waals surface area (Å²) in [5, 5.41) is 20.4. The average Bonchev–Trinajstić information content (AvgIpc) is 3.36. The van der Waals surface area contributed by atoms with E-state index >= 15 is 0 Å². The van der Waals surface area contributed by atoms with Crippen LogP contribution in [0, 0.1) is 17.8 Å². The summed E-state index contributed by atoms with van der Waals surface area (Å²) in [6, 6.07) is -1.65. The van der Waals surface area contributed by atoms with Crippen LogP contribution >= 0.6 is 0 Å². The third-order valence-electron chi connectivity index (χ3n) is 8.28. The molecule has 0 radical (unpaired) electrons. The van der Waals surface area contributed by atoms with Gasteiger partial charge in [0.25, 0.3) is 0 Å². The molecule has 2 amide bonds. The van der Waals surface area contributed by atoms with Gasteiger partial charge in [0.1, 0.15) is 17.6 Å². The Morgan fingerprint density at radius 3 is 2.45 bits per heavy atom. The number of carboxylic acid groups (broad SMARTS) is 1. The fourth-order valence-electron chi connectivity index (χ4n) is 6.65. The molecule has 3 aliphatic rings. The van der Waals surface area contributed by atoms with Crippen LogP contribution in [0.4, 0.5) is 0 Å². The summed E-state index contributed by atoms with van der Waals surface area (Å²) in [6.45, 7) is 13.5. The van der Waals surface area contributed by atoms with E-state index in [9.17, 15) is 24.6 Å². The van der Waals surface area contributed by atoms with Crippen molar-refractivity contribution < 1.29 is 29.3 Å². The number of carbonyl (C=O) groups is 3. The van der Waals surface area contributed by atoms with E-state index in [0.717, 1.165) is 12.8 Å². The molecule has 0 aromatic rings. The zero-order valence-corrected chi connectivity index (χ0v) is 20.6. The molecule has 0 aliphatic carbocycles. The van der Waals surface area contributed by atoms with Crippen molar-refractivity contribution in [2.45, 2.75) is 96.1 Å². The van der Waals surface area contributed by atoms with Crippen molar-refractivity contribution in [3.05, 3.63) is 12.7 Å². The number of carbonyl (C=O) groups excluding carboxylic acids is 2. The van der Waals surface area contributed by atoms with Gasteiger partial charge in [0.15, 0.2) is 0 Å². The highest BCUT2D eigenvalue weighted by Crippen LogP contribution is 2.64. The van der Waals surface area contributed by atoms with E-state index in [2.05, 4.69) is 13.5 Å². The summed E-state index contributed by atoms with van der Waals surface area (Å²) in [6.07, 6.45) is 4.78. The summed E-state index contributed by atoms with van der Waals surface area (Å²) in [5.74, 6) is -3.74. The standard InChI is InChI=1S/C25H40N2O6/c1-7-10-16(6)26(13-8-2)22(30)20-25-12-11-24(9-3,33-25)19(23(31)32)18(25)21(29)27(20)17(14-28)15(4)5/h8,15-20,28H,2,7,9-14H2,1,3-6H3,(H,31,32)/t16?,17-,18-,19+,20?,24-,25?/m0/s1. The van der Waals surface area contributed by atoms with Gasteiger partial charge in [0.05, 0.1) is 24.2 Å². The SMILES string of the molecule is C=CCN(C(=O)C1N([C@@H](CO)C(C)C)C(=O)[C@@H]2[C@H](C(=O)O)[C@]3(CC)CCC12O3)C(C)CCC. The predicted octanol–water partition coefficient (Wildman–Crippen LogP) is 2.45. The van der Waals surface area contributed by atoms with Crippen LogP contribution in [0.15, 0.2) is 12.7 Å². The summed E-state index contributed by atoms with van der Waals surface area (Å²) in [7, 11) is 0. The Labute approximate surface area is 196 Å². The lowest BCUT2D eigenvalue weighted by molar-refractivity contribution is -0.161. The third kappa shape index (κ3) is 3.70. The molecular formula is C25H40N2O6. The van der Waals surface area contributed by atoms with Gasteiger partial charge in [-0.15, -0.1) is 6.58 Å². The van der Waals surface area contributed by atoms with Crippen LogP contribution in [-0.2, 0) is 19.1 Å². The first kappa shape index (κ1) is 25.7. The first-order valence-electron chi connectivity index (χ1n) is 12.3. The van der Waals surface area contributed by atoms with Gasteiger partial charge in [-0.3, -0.25) is 14.4 Å². The largest absolute Gasteiger partial charge is 0.481 e. The number of likely N-dealkylation sites (tertiary alicyclic amines) is 1. The number of fused-ring (bicyclic) bond motifs is 1. The minimum atomic E-state index is -1.19. The molecule has 8 nitrogen and oxygen atoms in total. The Bertz CT molecular complexity index is 800. The van der Waals surface area contributed by atoms with E-state index in [1.807, 2.05) is 27.7 Å². The van der Waals surface area contributed by atoms with Crippen LogP contribution in [0.25, 0.3) is 0 Å². The van der Waals surface area contributed by atoms with E-state index in [0.29, 0.717) is 25.8 Å². The monoisotopic (exact) mass is 464 g/mol. The number of nitrogens with zero attached hydrogens (tertiary/aromatic N) is 2. The number of aliphatic hydroxyl groups is 1. The molecule has 3 rings (SSSR count). The van der Waals surface area contributed by atoms with E-state index in [1.54, 1.807) is 11.0 Å². The number of carboxylic acids is 1. The maximum absolute atomic E-state index is 14.2. The number of hydrogen-bond donors (Lipinski definition) is 2. The van der Waals surface area contributed by atoms with Crippen LogP contribution in [0.1, 0.15) is 66.7 Å². The molecule has 186 valence electrons. The molecule has 33 heavy (non-hydrogen) atoms. The van der Waals surface area contributed by atoms with Gasteiger partial charge in [-0.1, -0.05) is 40.2 Å². The zero-order chi connectivity index (χ0) is 24.7. The van der Waals surface area contributed by atoms with Gasteiger partial charge in [-0.25, -0.2) is 0 Å². The number of ether oxygens (including phenoxy) is 1. The zero-order valence-electron chi connectivity index (χ0n) is 20.6. The Morgan fingerprint density at radius 2 is 1.97 bits per heavy atom. The van der Waals surface area contributed by atoms with Gasteiger partial charge in [0, 0.05) is 12.6 Å². The minimum Gasteiger partial charge on any atom is -0.481 e. The lowest BCUT2D eigenvalue weighted by atomic mass is 9.65. The molecule has 0 aromatic carbocycles. The predicted molar refractivity (Wildman–Crippen MR) is 123 cm³/mol. The minimum absolute atomic E-state index is 0.0754. The normalized spacial score (nSPS) is 34.5. The number of aliphatic carboxylic acids is 1. The molecule has 3 heterocycles. The molecule has 0 aromatic heterocycles. The van der Waals surface area contributed by atoms with Crippen LogP contribution in [0.3, 0.4) is 0 Å². The third-order valence-corrected chi connectivity index (χ3v) is 8.28. The first-order chi connectivity index (χ1) is 15.6. The highest BCUT2D eigenvalue weighted by Gasteiger charge is 2.79. The Balaban J connectivity index is 2.17. The van der Waals surface area contributed by atoms with Crippen LogP contribution in [0.2, 0.25) is 0 Å². The number of hydrogen-bond acceptors (Lipinski definition) is 5. The van der Waals surface area contributed by atoms with E-state index in [1.165, 1.54) is 4.90 Å². The highest BCUT2D eigenvalue weighted by atomic mass is 16.5. The van der Waals surface area contributed by atoms with Crippen molar-refractivity contribution in [2.75, 3.05) is 13.2 Å². The second-order valence-corrected chi connectivity index (χ2v) is 10.3. The topological polar surface area (TPSA) is 107 Å². The first-order valence-corrected chi connectivity index (χ1v) is 12.3. The molecule has 3 fully saturated rings. The lowest BCUT2D eigenvalue weighted by Crippen LogP contribution is -2.60. The second kappa shape index (κ2) is 9.37. The van der Waals surface area contributed by atoms with Gasteiger partial charge in [-0.2, -0.15) is 0 Å². The number of amides is 2. The fraction of sp³-hybridized carbons (Fsp3) is 0.800. The average molecular weight is 465 g/mol. The maximum Gasteiger partial charge on any atom is 0.310 e. The highest BCUT2D eigenvalue weighted by molar-refractivity contribution is 5.98. The van der Waals surface area contributed by atoms with Crippen molar-refractivity contribution in [3.63, 3.8) is 0 Å². The Morgan fingerprint density at radius 1 is 1.30 bits per heavy atom. The fourth-order valence-corrected chi connectivity index (χ4v) is 6.65. The summed E-state index contributed by atoms with van der Waals surface area (Å²) >= 11 is 0. The summed E-state index contributed by atoms with van der Waals surface area (Å²) < 4.78 is 6.57. The molecule has 2 N–H and O–H groups in total. The van der Waals surface area contributed by atoms with E-state index < -0.39 is 41.1 Å². The van der Waals surface area contributed by atoms with Crippen LogP contribution in [0.5, 0.6) is 0 Å². The van der Waals surface area contributed by atoms with Crippen LogP contribution < -0.4 is 0 Å². The van der Waals surface area contributed by atoms with Crippen molar-refractivity contribution in [1.82, 2.24) is 9.80 Å². The van der Waals surface area contributed by atoms with Gasteiger partial charge in [0.2, 0.25) is 11.8 Å². The number of rotatable bonds is 11. The smallest absolute Gasteiger partial charge is 0.310 e. The molecule has 3 saturated heterocycles. The molecule has 0 saturated carbocycles. The molecule has 1 spiro atoms. The molecular weight excluding hydrogens is 424 g/mol. The molecule has 2 bridgehead atoms. The molecule has 8 heteroatoms. The molecule has 3 aliphatic heterocycles. The van der Waals surface area contributed by atoms with Crippen molar-refractivity contribution in [3.8, 4) is 0 Å². The quantitative estimate of drug-likeness (QED) is 0.455. The van der Waals surface area contributed by atoms with Gasteiger partial charge in [-0.05, 0) is 38.5 Å². The number of aliphatic hydroxyl groups excluding tert-OH is 1. The second-order valence-electron chi connectivity index (χ2n) is 10.3. The summed E-state index contributed by atoms with van der Waals surface area (Å²) in [5.41, 5.74) is -2.14. The van der Waals surface area contributed by atoms with E-state index in [-0.39, 0.29) is 30.4 Å². The van der Waals surface area contributed by atoms with Crippen LogP contribution in [-0.4, -0.2) is 80.3 Å². The molecule has 3 unspecified atom stereocenters. The van der Waals surface area contributed by atoms with Gasteiger partial charge < -0.3 is 24.7 Å². The van der Waals surface area contributed by atoms with E-state index in [4.69, 9.17) is 4.74 Å². The Kier molecular flexibility index (Phi) is 7.30. The van der Waals surface area contributed by atoms with Crippen molar-refractivity contribution in [2.24, 2.45) is 17.8 Å². The lowest BCUT2D eigenvalue weighted by Gasteiger charge is -2.42. The maximum atomic E-state index is 14.2. The molecule has 7 atom stereocenters. The summed E-state index contributed by atoms with van der Waals surface area (Å²) in [4.78, 5) is 43.8. The van der Waals surface area contributed by atoms with Gasteiger partial charge >= 0.3 is 5.97 Å².